The van der Waals surface area contributed by atoms with E-state index in [9.17, 15) is 83.1 Å². The van der Waals surface area contributed by atoms with Crippen LogP contribution in [-0.2, 0) is 80.0 Å². The molecule has 1 unspecified atom stereocenters. The number of esters is 1. The van der Waals surface area contributed by atoms with Crippen molar-refractivity contribution in [2.45, 2.75) is 274 Å². The van der Waals surface area contributed by atoms with Gasteiger partial charge < -0.3 is 89.2 Å². The number of amides is 11. The highest BCUT2D eigenvalue weighted by Gasteiger charge is 2.44. The van der Waals surface area contributed by atoms with Crippen LogP contribution in [0.5, 0.6) is 11.5 Å². The maximum atomic E-state index is 15.6. The number of phenols is 1. The molecule has 32 nitrogen and oxygen atoms in total. The summed E-state index contributed by atoms with van der Waals surface area (Å²) >= 11 is 0. The van der Waals surface area contributed by atoms with E-state index in [1.165, 1.54) is 68.3 Å². The normalized spacial score (nSPS) is 22.0. The molecule has 18 N–H and O–H groups in total. The van der Waals surface area contributed by atoms with Gasteiger partial charge in [0.2, 0.25) is 65.0 Å². The second-order valence-corrected chi connectivity index (χ2v) is 27.1. The van der Waals surface area contributed by atoms with E-state index in [0.717, 1.165) is 61.7 Å². The maximum Gasteiger partial charge on any atom is 0.334 e. The molecule has 0 radical (unpaired) electrons. The zero-order valence-corrected chi connectivity index (χ0v) is 60.4. The van der Waals surface area contributed by atoms with Crippen LogP contribution < -0.4 is 59.2 Å². The number of fused-ring (bicyclic) bond motifs is 23. The quantitative estimate of drug-likeness (QED) is 0.0199. The van der Waals surface area contributed by atoms with Gasteiger partial charge in [-0.05, 0) is 113 Å². The Morgan fingerprint density at radius 3 is 1.78 bits per heavy atom. The molecule has 2 bridgehead atoms. The lowest BCUT2D eigenvalue weighted by molar-refractivity contribution is -0.151. The molecular formula is C72H110N12O20. The lowest BCUT2D eigenvalue weighted by atomic mass is 9.96. The van der Waals surface area contributed by atoms with Crippen molar-refractivity contribution in [2.75, 3.05) is 13.1 Å². The van der Waals surface area contributed by atoms with Gasteiger partial charge >= 0.3 is 17.9 Å². The predicted molar refractivity (Wildman–Crippen MR) is 378 cm³/mol. The molecule has 0 saturated carbocycles. The molecule has 0 aliphatic carbocycles. The number of imide groups is 1. The molecule has 0 spiro atoms. The first-order valence-electron chi connectivity index (χ1n) is 36.3. The third-order valence-electron chi connectivity index (χ3n) is 18.6. The van der Waals surface area contributed by atoms with E-state index in [1.54, 1.807) is 13.8 Å². The average Bonchev–Trinajstić information content (AvgIpc) is 0.994. The Morgan fingerprint density at radius 1 is 0.644 bits per heavy atom. The number of hydrogen-bond acceptors (Lipinski definition) is 20. The van der Waals surface area contributed by atoms with Crippen LogP contribution >= 0.6 is 0 Å². The molecule has 13 atom stereocenters. The van der Waals surface area contributed by atoms with E-state index >= 15 is 9.59 Å². The number of phenolic OH excluding ortho intramolecular Hbond substituents is 1. The summed E-state index contributed by atoms with van der Waals surface area (Å²) in [6.45, 7) is 7.64. The highest BCUT2D eigenvalue weighted by atomic mass is 16.5. The van der Waals surface area contributed by atoms with Crippen LogP contribution in [0.1, 0.15) is 200 Å². The number of carboxylic acids is 2. The minimum absolute atomic E-state index is 0.0233. The molecule has 5 rings (SSSR count). The minimum atomic E-state index is -2.09. The van der Waals surface area contributed by atoms with E-state index in [0.29, 0.717) is 18.4 Å². The summed E-state index contributed by atoms with van der Waals surface area (Å²) in [6.07, 6.45) is 2.92. The van der Waals surface area contributed by atoms with Crippen LogP contribution in [0.2, 0.25) is 0 Å². The molecule has 3 aliphatic rings. The van der Waals surface area contributed by atoms with Gasteiger partial charge in [0.1, 0.15) is 65.9 Å². The van der Waals surface area contributed by atoms with Gasteiger partial charge in [-0.3, -0.25) is 67.6 Å². The van der Waals surface area contributed by atoms with Crippen LogP contribution in [0.15, 0.2) is 48.5 Å². The SMILES string of the molecule is CCCCCCCCCCCCCC(O)CC(=O)N([C@H](CCCN)C(=O)NC(=O)[C@@H](N)CCC(=O)O)[C@@H]1Cc2ccc(cc2)OC(=O)[C@H]([C@H](C)CC)NC(=O)[C@H](Cc2ccc(O)cc2)NC(=O)[C@H](CCC(N)=O)NC(=O)[C@@H]2CCCN2C(=O)[C@@H](C)NC(=O)[C@H](CCC(=O)O)NC(=O)[C@H]([C@H](C)O)NC1=O. The van der Waals surface area contributed by atoms with E-state index in [2.05, 4.69) is 44.1 Å². The number of primary amides is 1. The van der Waals surface area contributed by atoms with E-state index in [4.69, 9.17) is 21.9 Å². The summed E-state index contributed by atoms with van der Waals surface area (Å²) in [6, 6.07) is -5.81. The second kappa shape index (κ2) is 45.2. The monoisotopic (exact) mass is 1460 g/mol. The number of nitrogens with zero attached hydrogens (tertiary/aromatic N) is 2. The largest absolute Gasteiger partial charge is 0.508 e. The first kappa shape index (κ1) is 87.3. The number of rotatable bonds is 35. The Hall–Kier alpha value is -9.14. The fraction of sp³-hybridized carbons (Fsp3) is 0.639. The Labute approximate surface area is 606 Å². The lowest BCUT2D eigenvalue weighted by Gasteiger charge is -2.38. The van der Waals surface area contributed by atoms with Crippen LogP contribution in [0, 0.1) is 5.92 Å². The van der Waals surface area contributed by atoms with Gasteiger partial charge in [-0.25, -0.2) is 4.79 Å². The van der Waals surface area contributed by atoms with E-state index < -0.39 is 213 Å². The van der Waals surface area contributed by atoms with Crippen molar-refractivity contribution >= 4 is 82.9 Å². The molecule has 11 amide bonds. The summed E-state index contributed by atoms with van der Waals surface area (Å²) < 4.78 is 5.88. The number of aromatic hydroxyl groups is 1. The number of nitrogens with two attached hydrogens (primary N) is 3. The zero-order valence-electron chi connectivity index (χ0n) is 60.4. The number of hydrogen-bond donors (Lipinski definition) is 15. The second-order valence-electron chi connectivity index (χ2n) is 27.1. The fourth-order valence-electron chi connectivity index (χ4n) is 12.3. The maximum absolute atomic E-state index is 15.6. The molecule has 3 heterocycles. The highest BCUT2D eigenvalue weighted by Crippen LogP contribution is 2.26. The van der Waals surface area contributed by atoms with Gasteiger partial charge in [-0.1, -0.05) is 122 Å². The number of ether oxygens (including phenoxy) is 1. The van der Waals surface area contributed by atoms with Gasteiger partial charge in [0.05, 0.1) is 24.7 Å². The predicted octanol–water partition coefficient (Wildman–Crippen LogP) is 1.16. The summed E-state index contributed by atoms with van der Waals surface area (Å²) in [7, 11) is 0. The van der Waals surface area contributed by atoms with Gasteiger partial charge in [-0.15, -0.1) is 0 Å². The summed E-state index contributed by atoms with van der Waals surface area (Å²) in [5.41, 5.74) is 18.1. The van der Waals surface area contributed by atoms with Gasteiger partial charge in [0.15, 0.2) is 0 Å². The molecule has 3 aliphatic heterocycles. The molecule has 2 aromatic carbocycles. The van der Waals surface area contributed by atoms with Crippen LogP contribution in [-0.4, -0.2) is 204 Å². The summed E-state index contributed by atoms with van der Waals surface area (Å²) in [5, 5.41) is 69.6. The number of unbranched alkanes of at least 4 members (excludes halogenated alkanes) is 10. The zero-order chi connectivity index (χ0) is 77.2. The van der Waals surface area contributed by atoms with Crippen molar-refractivity contribution in [1.82, 2.24) is 47.0 Å². The third-order valence-corrected chi connectivity index (χ3v) is 18.6. The summed E-state index contributed by atoms with van der Waals surface area (Å²) in [5.74, 6) is -16.4. The number of carboxylic acid groups (broad SMARTS) is 2. The number of carbonyl (C=O) groups excluding carboxylic acids is 12. The van der Waals surface area contributed by atoms with Crippen LogP contribution in [0.3, 0.4) is 0 Å². The number of aliphatic hydroxyl groups is 2. The van der Waals surface area contributed by atoms with Gasteiger partial charge in [0, 0.05) is 38.6 Å². The standard InChI is InChI=1S/C72H110N12O20/c1-6-8-9-10-11-12-13-14-15-16-17-20-48(87)41-58(89)84(55(21-18-37-73)68(99)82-63(94)50(74)31-35-59(90)91)56-40-46-25-29-49(30-26-46)104-72(103)61(42(3)7-2)80-66(97)53(39-45-23-27-47(86)28-24-45)79-65(96)51(32-34-57(75)88)77-67(98)54-22-19-38-83(54)71(102)43(4)76-64(95)52(33-36-60(92)93)78-70(101)62(44(5)85)81-69(56)100/h23-30,42-44,48,50-56,61-62,85-87H,6-22,31-41,73-74H2,1-5H3,(H2,75,88)(H,76,95)(H,77,98)(H,78,101)(H,79,96)(H,80,97)(H,81,100)(H,90,91)(H,92,93)(H,82,94,99)/t42-,43-,44+,48?,50+,51+,52+,53+,54+,55-,56-,61+,62+/m1/s1. The molecule has 578 valence electrons. The Balaban J connectivity index is 1.95. The first-order chi connectivity index (χ1) is 49.4. The molecule has 2 aromatic rings. The molecule has 0 aromatic heterocycles. The molecule has 32 heteroatoms. The molecule has 104 heavy (non-hydrogen) atoms. The smallest absolute Gasteiger partial charge is 0.334 e. The number of carbonyl (C=O) groups is 14. The van der Waals surface area contributed by atoms with Crippen molar-refractivity contribution in [3.05, 3.63) is 59.7 Å². The van der Waals surface area contributed by atoms with E-state index in [-0.39, 0.29) is 75.1 Å². The minimum Gasteiger partial charge on any atom is -0.508 e. The summed E-state index contributed by atoms with van der Waals surface area (Å²) in [4.78, 5) is 198. The number of nitrogens with one attached hydrogen (secondary N) is 7. The number of aliphatic hydroxyl groups excluding tert-OH is 2. The fourth-order valence-corrected chi connectivity index (χ4v) is 12.3. The number of benzene rings is 2. The molecule has 1 fully saturated rings. The van der Waals surface area contributed by atoms with Crippen molar-refractivity contribution in [3.63, 3.8) is 0 Å². The third kappa shape index (κ3) is 29.5. The van der Waals surface area contributed by atoms with Crippen LogP contribution in [0.25, 0.3) is 0 Å². The van der Waals surface area contributed by atoms with Gasteiger partial charge in [-0.2, -0.15) is 0 Å². The van der Waals surface area contributed by atoms with Crippen molar-refractivity contribution in [1.29, 1.82) is 0 Å². The number of aliphatic carboxylic acids is 2. The Bertz CT molecular complexity index is 3210. The van der Waals surface area contributed by atoms with Crippen molar-refractivity contribution in [3.8, 4) is 11.5 Å². The molecule has 1 saturated heterocycles. The highest BCUT2D eigenvalue weighted by molar-refractivity contribution is 6.03. The van der Waals surface area contributed by atoms with E-state index in [1.807, 2.05) is 0 Å². The van der Waals surface area contributed by atoms with Gasteiger partial charge in [0.25, 0.3) is 0 Å². The van der Waals surface area contributed by atoms with Crippen LogP contribution in [0.4, 0.5) is 0 Å². The average molecular weight is 1460 g/mol. The Kier molecular flexibility index (Phi) is 37.9. The van der Waals surface area contributed by atoms with Crippen molar-refractivity contribution in [2.24, 2.45) is 23.1 Å². The topological polar surface area (TPSA) is 518 Å². The Morgan fingerprint density at radius 2 is 1.20 bits per heavy atom. The molecular weight excluding hydrogens is 1350 g/mol. The lowest BCUT2D eigenvalue weighted by Crippen LogP contribution is -2.64. The first-order valence-corrected chi connectivity index (χ1v) is 36.3. The van der Waals surface area contributed by atoms with Crippen molar-refractivity contribution < 1.29 is 97.4 Å².